The van der Waals surface area contributed by atoms with Crippen LogP contribution in [0, 0.1) is 11.8 Å². The Bertz CT molecular complexity index is 856. The molecule has 5 nitrogen and oxygen atoms in total. The van der Waals surface area contributed by atoms with Gasteiger partial charge in [0.05, 0.1) is 23.1 Å². The van der Waals surface area contributed by atoms with Gasteiger partial charge in [-0.25, -0.2) is 9.97 Å². The lowest BCUT2D eigenvalue weighted by Gasteiger charge is -2.34. The molecule has 0 spiro atoms. The monoisotopic (exact) mass is 381 g/mol. The number of thiazole rings is 1. The standard InChI is InChI=1S/C21H27N5S/c1-25(13-21-24-19-4-2-3-5-20(19)27-21)18-8-15-6-7-26(11-16(15)9-18)12-17-10-22-14-23-17/h2-5,10,14-16,18H,6-9,11-13H2,1H3,(H,22,23)/t15-,16-,18+/m1/s1. The maximum absolute atomic E-state index is 4.83. The van der Waals surface area contributed by atoms with Gasteiger partial charge in [0.2, 0.25) is 0 Å². The van der Waals surface area contributed by atoms with Crippen LogP contribution in [0.5, 0.6) is 0 Å². The van der Waals surface area contributed by atoms with Crippen molar-refractivity contribution < 1.29 is 0 Å². The number of nitrogens with zero attached hydrogens (tertiary/aromatic N) is 4. The average molecular weight is 382 g/mol. The number of hydrogen-bond acceptors (Lipinski definition) is 5. The quantitative estimate of drug-likeness (QED) is 0.731. The molecule has 2 aromatic heterocycles. The highest BCUT2D eigenvalue weighted by atomic mass is 32.1. The molecule has 27 heavy (non-hydrogen) atoms. The molecule has 3 atom stereocenters. The lowest BCUT2D eigenvalue weighted by atomic mass is 9.89. The molecule has 1 N–H and O–H groups in total. The Balaban J connectivity index is 1.20. The van der Waals surface area contributed by atoms with E-state index in [9.17, 15) is 0 Å². The third-order valence-electron chi connectivity index (χ3n) is 6.42. The number of para-hydroxylation sites is 1. The zero-order valence-corrected chi connectivity index (χ0v) is 16.7. The molecule has 1 saturated carbocycles. The number of aromatic amines is 1. The van der Waals surface area contributed by atoms with Gasteiger partial charge in [-0.1, -0.05) is 12.1 Å². The number of aromatic nitrogens is 3. The smallest absolute Gasteiger partial charge is 0.108 e. The van der Waals surface area contributed by atoms with Gasteiger partial charge in [0, 0.05) is 31.0 Å². The van der Waals surface area contributed by atoms with Crippen LogP contribution in [0.2, 0.25) is 0 Å². The molecule has 1 aliphatic carbocycles. The van der Waals surface area contributed by atoms with E-state index in [0.717, 1.165) is 30.4 Å². The van der Waals surface area contributed by atoms with Gasteiger partial charge in [-0.2, -0.15) is 0 Å². The highest BCUT2D eigenvalue weighted by Gasteiger charge is 2.39. The lowest BCUT2D eigenvalue weighted by molar-refractivity contribution is 0.131. The van der Waals surface area contributed by atoms with Crippen molar-refractivity contribution in [2.45, 2.75) is 38.4 Å². The second-order valence-corrected chi connectivity index (χ2v) is 9.35. The molecule has 1 aliphatic heterocycles. The minimum absolute atomic E-state index is 0.694. The van der Waals surface area contributed by atoms with Gasteiger partial charge in [-0.05, 0) is 56.8 Å². The van der Waals surface area contributed by atoms with E-state index < -0.39 is 0 Å². The van der Waals surface area contributed by atoms with Gasteiger partial charge in [-0.3, -0.25) is 9.80 Å². The summed E-state index contributed by atoms with van der Waals surface area (Å²) in [6, 6.07) is 9.17. The Morgan fingerprint density at radius 2 is 2.15 bits per heavy atom. The van der Waals surface area contributed by atoms with Crippen LogP contribution in [0.4, 0.5) is 0 Å². The molecule has 142 valence electrons. The van der Waals surface area contributed by atoms with Crippen molar-refractivity contribution in [2.75, 3.05) is 20.1 Å². The van der Waals surface area contributed by atoms with E-state index in [1.807, 2.05) is 17.5 Å². The maximum Gasteiger partial charge on any atom is 0.108 e. The predicted octanol–water partition coefficient (Wildman–Crippen LogP) is 3.75. The summed E-state index contributed by atoms with van der Waals surface area (Å²) in [6.07, 6.45) is 7.75. The first-order chi connectivity index (χ1) is 13.2. The Morgan fingerprint density at radius 3 is 3.00 bits per heavy atom. The molecular weight excluding hydrogens is 354 g/mol. The molecule has 2 fully saturated rings. The number of imidazole rings is 1. The zero-order chi connectivity index (χ0) is 18.2. The summed E-state index contributed by atoms with van der Waals surface area (Å²) in [5.74, 6) is 1.73. The van der Waals surface area contributed by atoms with Crippen LogP contribution in [0.15, 0.2) is 36.8 Å². The Kier molecular flexibility index (Phi) is 4.71. The molecule has 2 aliphatic rings. The van der Waals surface area contributed by atoms with Crippen LogP contribution in [-0.2, 0) is 13.1 Å². The Labute approximate surface area is 164 Å². The summed E-state index contributed by atoms with van der Waals surface area (Å²) in [6.45, 7) is 4.43. The van der Waals surface area contributed by atoms with Crippen LogP contribution >= 0.6 is 11.3 Å². The minimum atomic E-state index is 0.694. The second kappa shape index (κ2) is 7.34. The highest BCUT2D eigenvalue weighted by Crippen LogP contribution is 2.40. The summed E-state index contributed by atoms with van der Waals surface area (Å²) in [4.78, 5) is 17.4. The molecule has 6 heteroatoms. The van der Waals surface area contributed by atoms with Crippen LogP contribution in [-0.4, -0.2) is 50.9 Å². The second-order valence-electron chi connectivity index (χ2n) is 8.24. The van der Waals surface area contributed by atoms with Gasteiger partial charge >= 0.3 is 0 Å². The first-order valence-corrected chi connectivity index (χ1v) is 10.8. The third-order valence-corrected chi connectivity index (χ3v) is 7.44. The van der Waals surface area contributed by atoms with Gasteiger partial charge in [-0.15, -0.1) is 11.3 Å². The summed E-state index contributed by atoms with van der Waals surface area (Å²) in [5.41, 5.74) is 2.37. The van der Waals surface area contributed by atoms with Crippen LogP contribution in [0.25, 0.3) is 10.2 Å². The number of likely N-dealkylation sites (tertiary alicyclic amines) is 1. The molecule has 0 amide bonds. The topological polar surface area (TPSA) is 48.1 Å². The molecule has 5 rings (SSSR count). The number of fused-ring (bicyclic) bond motifs is 2. The SMILES string of the molecule is CN(Cc1nc2ccccc2s1)[C@H]1C[C@H]2CCN(Cc3cnc[nH]3)C[C@H]2C1. The molecule has 0 unspecified atom stereocenters. The third kappa shape index (κ3) is 3.66. The highest BCUT2D eigenvalue weighted by molar-refractivity contribution is 7.18. The normalized spacial score (nSPS) is 26.1. The van der Waals surface area contributed by atoms with Crippen molar-refractivity contribution in [3.05, 3.63) is 47.5 Å². The van der Waals surface area contributed by atoms with Gasteiger partial charge < -0.3 is 4.98 Å². The summed E-state index contributed by atoms with van der Waals surface area (Å²) < 4.78 is 1.30. The van der Waals surface area contributed by atoms with E-state index >= 15 is 0 Å². The minimum Gasteiger partial charge on any atom is -0.347 e. The zero-order valence-electron chi connectivity index (χ0n) is 15.8. The van der Waals surface area contributed by atoms with Crippen molar-refractivity contribution >= 4 is 21.6 Å². The number of piperidine rings is 1. The molecule has 1 saturated heterocycles. The first kappa shape index (κ1) is 17.3. The van der Waals surface area contributed by atoms with E-state index in [0.29, 0.717) is 6.04 Å². The van der Waals surface area contributed by atoms with E-state index in [1.165, 1.54) is 47.8 Å². The van der Waals surface area contributed by atoms with Crippen molar-refractivity contribution in [2.24, 2.45) is 11.8 Å². The number of hydrogen-bond donors (Lipinski definition) is 1. The van der Waals surface area contributed by atoms with E-state index in [4.69, 9.17) is 4.98 Å². The van der Waals surface area contributed by atoms with E-state index in [-0.39, 0.29) is 0 Å². The van der Waals surface area contributed by atoms with Gasteiger partial charge in [0.1, 0.15) is 5.01 Å². The summed E-state index contributed by atoms with van der Waals surface area (Å²) >= 11 is 1.84. The molecule has 3 heterocycles. The van der Waals surface area contributed by atoms with Crippen molar-refractivity contribution in [3.63, 3.8) is 0 Å². The van der Waals surface area contributed by atoms with Crippen LogP contribution in [0.3, 0.4) is 0 Å². The Hall–Kier alpha value is -1.76. The van der Waals surface area contributed by atoms with Crippen molar-refractivity contribution in [1.29, 1.82) is 0 Å². The number of benzene rings is 1. The first-order valence-electron chi connectivity index (χ1n) is 9.99. The predicted molar refractivity (Wildman–Crippen MR) is 110 cm³/mol. The van der Waals surface area contributed by atoms with Crippen LogP contribution < -0.4 is 0 Å². The molecule has 0 radical (unpaired) electrons. The maximum atomic E-state index is 4.83. The fourth-order valence-electron chi connectivity index (χ4n) is 4.97. The van der Waals surface area contributed by atoms with Crippen molar-refractivity contribution in [1.82, 2.24) is 24.8 Å². The van der Waals surface area contributed by atoms with Crippen LogP contribution in [0.1, 0.15) is 30.0 Å². The summed E-state index contributed by atoms with van der Waals surface area (Å²) in [5, 5.41) is 1.24. The average Bonchev–Trinajstić information content (AvgIpc) is 3.40. The lowest BCUT2D eigenvalue weighted by Crippen LogP contribution is -2.38. The molecule has 1 aromatic carbocycles. The molecule has 0 bridgehead atoms. The van der Waals surface area contributed by atoms with Gasteiger partial charge in [0.25, 0.3) is 0 Å². The number of nitrogens with one attached hydrogen (secondary N) is 1. The number of rotatable bonds is 5. The van der Waals surface area contributed by atoms with Gasteiger partial charge in [0.15, 0.2) is 0 Å². The molecule has 3 aromatic rings. The fourth-order valence-corrected chi connectivity index (χ4v) is 6.01. The fraction of sp³-hybridized carbons (Fsp3) is 0.524. The van der Waals surface area contributed by atoms with Crippen molar-refractivity contribution in [3.8, 4) is 0 Å². The number of H-pyrrole nitrogens is 1. The van der Waals surface area contributed by atoms with E-state index in [1.54, 1.807) is 6.33 Å². The largest absolute Gasteiger partial charge is 0.347 e. The molecular formula is C21H27N5S. The summed E-state index contributed by atoms with van der Waals surface area (Å²) in [7, 11) is 2.29. The van der Waals surface area contributed by atoms with E-state index in [2.05, 4.69) is 51.1 Å². The Morgan fingerprint density at radius 1 is 1.26 bits per heavy atom.